The SMILES string of the molecule is COP(=O)(OC)/C(=C/c1ccc(F)cc1)C(N)=O. The molecular weight excluding hydrogens is 260 g/mol. The second-order valence-corrected chi connectivity index (χ2v) is 5.52. The van der Waals surface area contributed by atoms with Gasteiger partial charge in [-0.3, -0.25) is 9.36 Å². The number of hydrogen-bond donors (Lipinski definition) is 1. The van der Waals surface area contributed by atoms with E-state index >= 15 is 0 Å². The van der Waals surface area contributed by atoms with Crippen LogP contribution in [-0.2, 0) is 18.4 Å². The first-order valence-electron chi connectivity index (χ1n) is 4.92. The van der Waals surface area contributed by atoms with E-state index in [1.54, 1.807) is 0 Å². The number of amides is 1. The third kappa shape index (κ3) is 3.26. The summed E-state index contributed by atoms with van der Waals surface area (Å²) in [6, 6.07) is 5.23. The lowest BCUT2D eigenvalue weighted by Crippen LogP contribution is -2.15. The summed E-state index contributed by atoms with van der Waals surface area (Å²) in [5.41, 5.74) is 5.60. The Balaban J connectivity index is 3.25. The van der Waals surface area contributed by atoms with Crippen molar-refractivity contribution in [1.82, 2.24) is 0 Å². The molecule has 18 heavy (non-hydrogen) atoms. The van der Waals surface area contributed by atoms with Gasteiger partial charge in [0.15, 0.2) is 0 Å². The van der Waals surface area contributed by atoms with Gasteiger partial charge in [0.2, 0.25) is 0 Å². The van der Waals surface area contributed by atoms with E-state index in [1.165, 1.54) is 30.3 Å². The summed E-state index contributed by atoms with van der Waals surface area (Å²) in [7, 11) is -1.44. The van der Waals surface area contributed by atoms with Gasteiger partial charge in [0.05, 0.1) is 0 Å². The van der Waals surface area contributed by atoms with Gasteiger partial charge < -0.3 is 14.8 Å². The average molecular weight is 273 g/mol. The Bertz CT molecular complexity index is 504. The zero-order valence-electron chi connectivity index (χ0n) is 9.92. The molecule has 1 aromatic carbocycles. The van der Waals surface area contributed by atoms with Crippen molar-refractivity contribution in [1.29, 1.82) is 0 Å². The highest BCUT2D eigenvalue weighted by Crippen LogP contribution is 2.55. The Hall–Kier alpha value is -1.49. The fourth-order valence-corrected chi connectivity index (χ4v) is 2.39. The lowest BCUT2D eigenvalue weighted by molar-refractivity contribution is -0.114. The first-order valence-corrected chi connectivity index (χ1v) is 6.46. The van der Waals surface area contributed by atoms with Crippen LogP contribution in [0, 0.1) is 5.82 Å². The van der Waals surface area contributed by atoms with Gasteiger partial charge >= 0.3 is 7.60 Å². The lowest BCUT2D eigenvalue weighted by atomic mass is 10.2. The standard InChI is InChI=1S/C11H13FNO4P/c1-16-18(15,17-2)10(11(13)14)7-8-3-5-9(12)6-4-8/h3-7H,1-2H3,(H2,13,14)/b10-7+. The van der Waals surface area contributed by atoms with E-state index in [-0.39, 0.29) is 5.31 Å². The molecule has 1 rings (SSSR count). The van der Waals surface area contributed by atoms with Gasteiger partial charge in [-0.05, 0) is 23.8 Å². The second-order valence-electron chi connectivity index (χ2n) is 3.31. The fraction of sp³-hybridized carbons (Fsp3) is 0.182. The van der Waals surface area contributed by atoms with Crippen molar-refractivity contribution < 1.29 is 22.8 Å². The molecule has 0 atom stereocenters. The van der Waals surface area contributed by atoms with Gasteiger partial charge in [-0.15, -0.1) is 0 Å². The average Bonchev–Trinajstić information content (AvgIpc) is 2.37. The van der Waals surface area contributed by atoms with Crippen LogP contribution in [0.2, 0.25) is 0 Å². The lowest BCUT2D eigenvalue weighted by Gasteiger charge is -2.14. The number of rotatable bonds is 5. The van der Waals surface area contributed by atoms with Crippen molar-refractivity contribution in [2.45, 2.75) is 0 Å². The minimum atomic E-state index is -3.73. The Kier molecular flexibility index (Phi) is 4.78. The Morgan fingerprint density at radius 2 is 1.78 bits per heavy atom. The molecule has 0 bridgehead atoms. The van der Waals surface area contributed by atoms with E-state index in [4.69, 9.17) is 14.8 Å². The van der Waals surface area contributed by atoms with Gasteiger partial charge in [-0.2, -0.15) is 0 Å². The summed E-state index contributed by atoms with van der Waals surface area (Å²) in [6.45, 7) is 0. The van der Waals surface area contributed by atoms with Crippen molar-refractivity contribution in [3.63, 3.8) is 0 Å². The molecule has 0 aromatic heterocycles. The normalized spacial score (nSPS) is 12.5. The molecule has 1 aromatic rings. The zero-order valence-corrected chi connectivity index (χ0v) is 10.8. The van der Waals surface area contributed by atoms with Crippen LogP contribution in [-0.4, -0.2) is 20.1 Å². The minimum absolute atomic E-state index is 0.292. The van der Waals surface area contributed by atoms with Crippen LogP contribution >= 0.6 is 7.60 Å². The molecule has 0 aliphatic carbocycles. The maximum Gasteiger partial charge on any atom is 0.366 e. The summed E-state index contributed by atoms with van der Waals surface area (Å²) < 4.78 is 34.2. The highest BCUT2D eigenvalue weighted by molar-refractivity contribution is 7.60. The number of halogens is 1. The van der Waals surface area contributed by atoms with Crippen molar-refractivity contribution in [3.8, 4) is 0 Å². The summed E-state index contributed by atoms with van der Waals surface area (Å²) in [5.74, 6) is -1.35. The Labute approximate surface area is 104 Å². The molecule has 0 spiro atoms. The summed E-state index contributed by atoms with van der Waals surface area (Å²) >= 11 is 0. The van der Waals surface area contributed by atoms with Crippen molar-refractivity contribution >= 4 is 19.6 Å². The Morgan fingerprint density at radius 1 is 1.28 bits per heavy atom. The molecule has 0 unspecified atom stereocenters. The van der Waals surface area contributed by atoms with Crippen LogP contribution in [0.3, 0.4) is 0 Å². The number of carbonyl (C=O) groups excluding carboxylic acids is 1. The van der Waals surface area contributed by atoms with E-state index in [0.717, 1.165) is 14.2 Å². The maximum absolute atomic E-state index is 12.7. The quantitative estimate of drug-likeness (QED) is 0.658. The summed E-state index contributed by atoms with van der Waals surface area (Å²) in [6.07, 6.45) is 1.25. The molecule has 5 nitrogen and oxygen atoms in total. The van der Waals surface area contributed by atoms with Gasteiger partial charge in [0, 0.05) is 14.2 Å². The van der Waals surface area contributed by atoms with Crippen LogP contribution in [0.4, 0.5) is 4.39 Å². The molecule has 0 fully saturated rings. The molecule has 0 saturated carbocycles. The third-order valence-corrected chi connectivity index (χ3v) is 4.10. The highest BCUT2D eigenvalue weighted by atomic mass is 31.2. The number of primary amides is 1. The monoisotopic (exact) mass is 273 g/mol. The topological polar surface area (TPSA) is 78.6 Å². The van der Waals surface area contributed by atoms with Crippen LogP contribution in [0.5, 0.6) is 0 Å². The molecule has 98 valence electrons. The van der Waals surface area contributed by atoms with E-state index in [9.17, 15) is 13.8 Å². The van der Waals surface area contributed by atoms with Crippen molar-refractivity contribution in [2.24, 2.45) is 5.73 Å². The van der Waals surface area contributed by atoms with Gasteiger partial charge in [-0.25, -0.2) is 4.39 Å². The molecule has 1 amide bonds. The largest absolute Gasteiger partial charge is 0.366 e. The molecule has 2 N–H and O–H groups in total. The van der Waals surface area contributed by atoms with Crippen molar-refractivity contribution in [3.05, 3.63) is 41.0 Å². The van der Waals surface area contributed by atoms with Crippen LogP contribution < -0.4 is 5.73 Å². The molecule has 0 aliphatic rings. The maximum atomic E-state index is 12.7. The second kappa shape index (κ2) is 5.91. The zero-order chi connectivity index (χ0) is 13.8. The molecule has 7 heteroatoms. The third-order valence-electron chi connectivity index (χ3n) is 2.20. The molecule has 0 radical (unpaired) electrons. The molecule has 0 aliphatic heterocycles. The number of benzene rings is 1. The van der Waals surface area contributed by atoms with Gasteiger partial charge in [-0.1, -0.05) is 12.1 Å². The minimum Gasteiger partial charge on any atom is -0.365 e. The molecule has 0 heterocycles. The van der Waals surface area contributed by atoms with Gasteiger partial charge in [0.1, 0.15) is 11.1 Å². The smallest absolute Gasteiger partial charge is 0.365 e. The molecular formula is C11H13FNO4P. The Morgan fingerprint density at radius 3 is 2.17 bits per heavy atom. The summed E-state index contributed by atoms with van der Waals surface area (Å²) in [5, 5.41) is -0.292. The van der Waals surface area contributed by atoms with Crippen molar-refractivity contribution in [2.75, 3.05) is 14.2 Å². The van der Waals surface area contributed by atoms with Crippen LogP contribution in [0.15, 0.2) is 29.6 Å². The first-order chi connectivity index (χ1) is 8.42. The fourth-order valence-electron chi connectivity index (χ4n) is 1.27. The predicted molar refractivity (Wildman–Crippen MR) is 65.2 cm³/mol. The number of nitrogens with two attached hydrogens (primary N) is 1. The number of carbonyl (C=O) groups is 1. The predicted octanol–water partition coefficient (Wildman–Crippen LogP) is 2.14. The van der Waals surface area contributed by atoms with E-state index in [2.05, 4.69) is 0 Å². The van der Waals surface area contributed by atoms with Crippen LogP contribution in [0.25, 0.3) is 6.08 Å². The van der Waals surface area contributed by atoms with E-state index < -0.39 is 19.3 Å². The van der Waals surface area contributed by atoms with E-state index in [1.807, 2.05) is 0 Å². The van der Waals surface area contributed by atoms with Crippen LogP contribution in [0.1, 0.15) is 5.56 Å². The first kappa shape index (κ1) is 14.6. The van der Waals surface area contributed by atoms with Gasteiger partial charge in [0.25, 0.3) is 5.91 Å². The number of hydrogen-bond acceptors (Lipinski definition) is 4. The summed E-state index contributed by atoms with van der Waals surface area (Å²) in [4.78, 5) is 11.3. The highest BCUT2D eigenvalue weighted by Gasteiger charge is 2.31. The van der Waals surface area contributed by atoms with E-state index in [0.29, 0.717) is 5.56 Å². The molecule has 0 saturated heterocycles.